The maximum absolute atomic E-state index is 13.7. The lowest BCUT2D eigenvalue weighted by atomic mass is 9.94. The highest BCUT2D eigenvalue weighted by molar-refractivity contribution is 7.71. The Morgan fingerprint density at radius 1 is 1.29 bits per heavy atom. The highest BCUT2D eigenvalue weighted by atomic mass is 32.1. The van der Waals surface area contributed by atoms with Crippen LogP contribution in [0.25, 0.3) is 11.0 Å². The summed E-state index contributed by atoms with van der Waals surface area (Å²) in [7, 11) is 2.14. The number of piperidine rings is 1. The quantitative estimate of drug-likeness (QED) is 0.874. The minimum absolute atomic E-state index is 0.296. The van der Waals surface area contributed by atoms with Gasteiger partial charge in [-0.3, -0.25) is 0 Å². The monoisotopic (exact) mass is 311 g/mol. The molecule has 0 bridgehead atoms. The summed E-state index contributed by atoms with van der Waals surface area (Å²) >= 11 is 5.25. The van der Waals surface area contributed by atoms with Crippen molar-refractivity contribution < 1.29 is 8.78 Å². The number of halogens is 2. The molecule has 2 aromatic rings. The fourth-order valence-electron chi connectivity index (χ4n) is 3.06. The zero-order valence-electron chi connectivity index (χ0n) is 12.0. The van der Waals surface area contributed by atoms with E-state index in [1.54, 1.807) is 0 Å². The van der Waals surface area contributed by atoms with Gasteiger partial charge in [0.2, 0.25) is 0 Å². The Kier molecular flexibility index (Phi) is 4.08. The van der Waals surface area contributed by atoms with Crippen molar-refractivity contribution in [2.24, 2.45) is 5.92 Å². The second-order valence-electron chi connectivity index (χ2n) is 5.90. The van der Waals surface area contributed by atoms with Crippen molar-refractivity contribution in [2.75, 3.05) is 20.1 Å². The van der Waals surface area contributed by atoms with E-state index >= 15 is 0 Å². The first kappa shape index (κ1) is 14.7. The van der Waals surface area contributed by atoms with Gasteiger partial charge in [0, 0.05) is 12.6 Å². The molecule has 0 amide bonds. The number of benzene rings is 1. The van der Waals surface area contributed by atoms with Crippen LogP contribution in [-0.4, -0.2) is 34.6 Å². The van der Waals surface area contributed by atoms with E-state index in [0.717, 1.165) is 25.6 Å². The third-order valence-electron chi connectivity index (χ3n) is 4.40. The zero-order valence-corrected chi connectivity index (χ0v) is 12.8. The van der Waals surface area contributed by atoms with Crippen LogP contribution < -0.4 is 0 Å². The molecule has 0 spiro atoms. The van der Waals surface area contributed by atoms with Crippen LogP contribution in [0, 0.1) is 22.3 Å². The minimum Gasteiger partial charge on any atom is -0.328 e. The highest BCUT2D eigenvalue weighted by Crippen LogP contribution is 2.23. The Hall–Kier alpha value is -1.27. The maximum Gasteiger partial charge on any atom is 0.178 e. The van der Waals surface area contributed by atoms with Gasteiger partial charge in [-0.1, -0.05) is 0 Å². The van der Waals surface area contributed by atoms with Crippen molar-refractivity contribution in [3.8, 4) is 0 Å². The zero-order chi connectivity index (χ0) is 15.0. The number of rotatable bonds is 3. The van der Waals surface area contributed by atoms with Crippen molar-refractivity contribution in [1.29, 1.82) is 0 Å². The summed E-state index contributed by atoms with van der Waals surface area (Å²) < 4.78 is 29.4. The van der Waals surface area contributed by atoms with Gasteiger partial charge in [-0.25, -0.2) is 8.78 Å². The van der Waals surface area contributed by atoms with E-state index < -0.39 is 11.6 Å². The van der Waals surface area contributed by atoms with Gasteiger partial charge < -0.3 is 14.5 Å². The molecule has 1 aromatic heterocycles. The number of likely N-dealkylation sites (tertiary alicyclic amines) is 1. The van der Waals surface area contributed by atoms with Gasteiger partial charge in [0.25, 0.3) is 0 Å². The summed E-state index contributed by atoms with van der Waals surface area (Å²) in [6.07, 6.45) is 3.34. The van der Waals surface area contributed by atoms with Crippen LogP contribution in [0.1, 0.15) is 19.3 Å². The Balaban J connectivity index is 1.81. The standard InChI is InChI=1S/C15H19F2N3S/c1-19-5-2-10(3-6-19)4-7-20-13-9-11(16)8-12(17)14(13)18-15(20)21/h8-10H,2-7H2,1H3,(H,18,21). The molecular formula is C15H19F2N3S. The summed E-state index contributed by atoms with van der Waals surface area (Å²) in [5.41, 5.74) is 0.815. The molecule has 21 heavy (non-hydrogen) atoms. The van der Waals surface area contributed by atoms with Gasteiger partial charge in [0.05, 0.1) is 5.52 Å². The van der Waals surface area contributed by atoms with E-state index in [2.05, 4.69) is 16.9 Å². The number of hydrogen-bond donors (Lipinski definition) is 1. The molecule has 1 aliphatic rings. The largest absolute Gasteiger partial charge is 0.328 e. The Labute approximate surface area is 127 Å². The smallest absolute Gasteiger partial charge is 0.178 e. The van der Waals surface area contributed by atoms with Crippen LogP contribution in [0.5, 0.6) is 0 Å². The molecule has 2 heterocycles. The van der Waals surface area contributed by atoms with Crippen LogP contribution in [0.4, 0.5) is 8.78 Å². The number of aromatic nitrogens is 2. The van der Waals surface area contributed by atoms with E-state index in [1.165, 1.54) is 18.9 Å². The number of H-pyrrole nitrogens is 1. The fourth-order valence-corrected chi connectivity index (χ4v) is 3.36. The number of aryl methyl sites for hydroxylation is 1. The Morgan fingerprint density at radius 3 is 2.71 bits per heavy atom. The first-order chi connectivity index (χ1) is 10.0. The van der Waals surface area contributed by atoms with Gasteiger partial charge in [0.15, 0.2) is 10.6 Å². The molecule has 3 rings (SSSR count). The Morgan fingerprint density at radius 2 is 2.00 bits per heavy atom. The average molecular weight is 311 g/mol. The number of hydrogen-bond acceptors (Lipinski definition) is 2. The summed E-state index contributed by atoms with van der Waals surface area (Å²) in [6, 6.07) is 2.23. The number of imidazole rings is 1. The molecule has 1 N–H and O–H groups in total. The van der Waals surface area contributed by atoms with Gasteiger partial charge in [-0.15, -0.1) is 0 Å². The lowest BCUT2D eigenvalue weighted by Crippen LogP contribution is -2.30. The fraction of sp³-hybridized carbons (Fsp3) is 0.533. The van der Waals surface area contributed by atoms with E-state index in [9.17, 15) is 8.78 Å². The van der Waals surface area contributed by atoms with Crippen LogP contribution >= 0.6 is 12.2 Å². The lowest BCUT2D eigenvalue weighted by molar-refractivity contribution is 0.208. The molecule has 1 aliphatic heterocycles. The molecule has 0 unspecified atom stereocenters. The molecule has 1 saturated heterocycles. The maximum atomic E-state index is 13.7. The lowest BCUT2D eigenvalue weighted by Gasteiger charge is -2.28. The normalized spacial score (nSPS) is 17.7. The second-order valence-corrected chi connectivity index (χ2v) is 6.29. The van der Waals surface area contributed by atoms with Gasteiger partial charge in [0.1, 0.15) is 11.3 Å². The van der Waals surface area contributed by atoms with Crippen molar-refractivity contribution in [3.05, 3.63) is 28.5 Å². The predicted molar refractivity (Wildman–Crippen MR) is 81.9 cm³/mol. The summed E-state index contributed by atoms with van der Waals surface area (Å²) in [6.45, 7) is 2.94. The second kappa shape index (κ2) is 5.85. The van der Waals surface area contributed by atoms with Gasteiger partial charge >= 0.3 is 0 Å². The van der Waals surface area contributed by atoms with Crippen molar-refractivity contribution in [3.63, 3.8) is 0 Å². The van der Waals surface area contributed by atoms with E-state index in [0.29, 0.717) is 28.3 Å². The predicted octanol–water partition coefficient (Wildman–Crippen LogP) is 3.71. The minimum atomic E-state index is -0.589. The van der Waals surface area contributed by atoms with E-state index in [1.807, 2.05) is 4.57 Å². The average Bonchev–Trinajstić information content (AvgIpc) is 2.75. The van der Waals surface area contributed by atoms with E-state index in [-0.39, 0.29) is 0 Å². The van der Waals surface area contributed by atoms with Gasteiger partial charge in [-0.2, -0.15) is 0 Å². The van der Waals surface area contributed by atoms with Crippen LogP contribution in [0.2, 0.25) is 0 Å². The SMILES string of the molecule is CN1CCC(CCn2c(=S)[nH]c3c(F)cc(F)cc32)CC1. The molecule has 1 fully saturated rings. The first-order valence-corrected chi connectivity index (χ1v) is 7.71. The van der Waals surface area contributed by atoms with Gasteiger partial charge in [-0.05, 0) is 63.6 Å². The molecule has 0 aliphatic carbocycles. The van der Waals surface area contributed by atoms with E-state index in [4.69, 9.17) is 12.2 Å². The number of nitrogens with one attached hydrogen (secondary N) is 1. The molecule has 114 valence electrons. The molecule has 1 aromatic carbocycles. The van der Waals surface area contributed by atoms with Crippen molar-refractivity contribution >= 4 is 23.3 Å². The highest BCUT2D eigenvalue weighted by Gasteiger charge is 2.17. The number of nitrogens with zero attached hydrogens (tertiary/aromatic N) is 2. The summed E-state index contributed by atoms with van der Waals surface area (Å²) in [5.74, 6) is -0.498. The van der Waals surface area contributed by atoms with Crippen LogP contribution in [-0.2, 0) is 6.54 Å². The first-order valence-electron chi connectivity index (χ1n) is 7.30. The number of fused-ring (bicyclic) bond motifs is 1. The molecule has 0 atom stereocenters. The van der Waals surface area contributed by atoms with Crippen LogP contribution in [0.15, 0.2) is 12.1 Å². The molecule has 0 radical (unpaired) electrons. The Bertz CT molecular complexity index is 699. The molecule has 0 saturated carbocycles. The molecular weight excluding hydrogens is 292 g/mol. The number of aromatic amines is 1. The summed E-state index contributed by atoms with van der Waals surface area (Å²) in [5, 5.41) is 0. The third-order valence-corrected chi connectivity index (χ3v) is 4.72. The molecule has 3 nitrogen and oxygen atoms in total. The third kappa shape index (κ3) is 3.01. The molecule has 6 heteroatoms. The van der Waals surface area contributed by atoms with Crippen LogP contribution in [0.3, 0.4) is 0 Å². The summed E-state index contributed by atoms with van der Waals surface area (Å²) in [4.78, 5) is 5.18. The van der Waals surface area contributed by atoms with Crippen molar-refractivity contribution in [2.45, 2.75) is 25.8 Å². The van der Waals surface area contributed by atoms with Crippen molar-refractivity contribution in [1.82, 2.24) is 14.5 Å². The topological polar surface area (TPSA) is 24.0 Å².